The van der Waals surface area contributed by atoms with E-state index in [0.717, 1.165) is 11.1 Å². The predicted octanol–water partition coefficient (Wildman–Crippen LogP) is 2.50. The third-order valence-electron chi connectivity index (χ3n) is 3.41. The van der Waals surface area contributed by atoms with E-state index in [1.807, 2.05) is 54.6 Å². The molecule has 3 rings (SSSR count). The van der Waals surface area contributed by atoms with E-state index in [2.05, 4.69) is 25.7 Å². The fraction of sp³-hybridized carbons (Fsp3) is 0.111. The van der Waals surface area contributed by atoms with E-state index in [-0.39, 0.29) is 0 Å². The first-order valence-corrected chi connectivity index (χ1v) is 7.70. The Bertz CT molecular complexity index is 922. The van der Waals surface area contributed by atoms with Crippen molar-refractivity contribution in [3.8, 4) is 5.75 Å². The number of rotatable bonds is 6. The van der Waals surface area contributed by atoms with E-state index in [4.69, 9.17) is 4.74 Å². The Balaban J connectivity index is 1.70. The minimum Gasteiger partial charge on any atom is -0.488 e. The van der Waals surface area contributed by atoms with Crippen molar-refractivity contribution in [3.05, 3.63) is 81.9 Å². The van der Waals surface area contributed by atoms with Crippen LogP contribution in [0.2, 0.25) is 0 Å². The smallest absolute Gasteiger partial charge is 0.363 e. The van der Waals surface area contributed by atoms with Gasteiger partial charge in [-0.25, -0.2) is 9.89 Å². The van der Waals surface area contributed by atoms with Gasteiger partial charge < -0.3 is 4.74 Å². The highest BCUT2D eigenvalue weighted by molar-refractivity contribution is 5.83. The molecule has 0 aliphatic rings. The van der Waals surface area contributed by atoms with Crippen LogP contribution >= 0.6 is 0 Å². The third kappa shape index (κ3) is 4.51. The first-order chi connectivity index (χ1) is 12.2. The van der Waals surface area contributed by atoms with E-state index >= 15 is 0 Å². The Labute approximate surface area is 144 Å². The summed E-state index contributed by atoms with van der Waals surface area (Å²) in [6, 6.07) is 17.5. The minimum absolute atomic E-state index is 0.308. The molecule has 0 atom stereocenters. The Kier molecular flexibility index (Phi) is 5.16. The first-order valence-electron chi connectivity index (χ1n) is 7.70. The molecule has 0 aliphatic carbocycles. The quantitative estimate of drug-likeness (QED) is 0.533. The van der Waals surface area contributed by atoms with Gasteiger partial charge in [-0.15, -0.1) is 0 Å². The Hall–Kier alpha value is -3.48. The predicted molar refractivity (Wildman–Crippen MR) is 95.8 cm³/mol. The van der Waals surface area contributed by atoms with Gasteiger partial charge in [-0.3, -0.25) is 5.43 Å². The number of aromatic nitrogens is 3. The molecule has 2 aromatic carbocycles. The maximum absolute atomic E-state index is 11.2. The summed E-state index contributed by atoms with van der Waals surface area (Å²) in [5.41, 5.74) is 4.63. The Morgan fingerprint density at radius 3 is 2.76 bits per heavy atom. The number of ether oxygens (including phenoxy) is 1. The van der Waals surface area contributed by atoms with Gasteiger partial charge in [0.2, 0.25) is 0 Å². The van der Waals surface area contributed by atoms with Gasteiger partial charge in [0.05, 0.1) is 6.21 Å². The van der Waals surface area contributed by atoms with E-state index < -0.39 is 5.69 Å². The number of nitrogens with one attached hydrogen (secondary N) is 2. The Morgan fingerprint density at radius 2 is 1.92 bits per heavy atom. The summed E-state index contributed by atoms with van der Waals surface area (Å²) in [4.78, 5) is 15.0. The number of H-pyrrole nitrogens is 1. The third-order valence-corrected chi connectivity index (χ3v) is 3.41. The molecule has 0 radical (unpaired) electrons. The molecule has 126 valence electrons. The SMILES string of the molecule is Cc1n[nH]c(=O)nc1N/N=C/c1ccccc1OCc1ccccc1. The zero-order chi connectivity index (χ0) is 17.5. The fourth-order valence-electron chi connectivity index (χ4n) is 2.11. The molecule has 25 heavy (non-hydrogen) atoms. The normalized spacial score (nSPS) is 10.8. The number of anilines is 1. The standard InChI is InChI=1S/C18H17N5O2/c1-13-17(20-18(24)23-21-13)22-19-11-15-9-5-6-10-16(15)25-12-14-7-3-2-4-8-14/h2-11H,12H2,1H3,(H2,20,22,23,24)/b19-11+. The van der Waals surface area contributed by atoms with Crippen LogP contribution in [-0.4, -0.2) is 21.4 Å². The lowest BCUT2D eigenvalue weighted by Gasteiger charge is -2.09. The molecule has 7 heteroatoms. The van der Waals surface area contributed by atoms with Crippen LogP contribution in [0.4, 0.5) is 5.82 Å². The zero-order valence-corrected chi connectivity index (χ0v) is 13.6. The number of hydrazone groups is 1. The van der Waals surface area contributed by atoms with Crippen molar-refractivity contribution in [2.75, 3.05) is 5.43 Å². The summed E-state index contributed by atoms with van der Waals surface area (Å²) in [7, 11) is 0. The maximum Gasteiger partial charge on any atom is 0.363 e. The van der Waals surface area contributed by atoms with Crippen molar-refractivity contribution in [2.24, 2.45) is 5.10 Å². The molecule has 1 heterocycles. The topological polar surface area (TPSA) is 92.3 Å². The molecule has 0 fully saturated rings. The average molecular weight is 335 g/mol. The second-order valence-corrected chi connectivity index (χ2v) is 5.26. The molecule has 0 bridgehead atoms. The van der Waals surface area contributed by atoms with Crippen LogP contribution in [0.25, 0.3) is 0 Å². The number of hydrogen-bond acceptors (Lipinski definition) is 6. The van der Waals surface area contributed by atoms with Gasteiger partial charge in [-0.2, -0.15) is 15.2 Å². The van der Waals surface area contributed by atoms with Crippen LogP contribution in [0, 0.1) is 6.92 Å². The fourth-order valence-corrected chi connectivity index (χ4v) is 2.11. The molecule has 7 nitrogen and oxygen atoms in total. The van der Waals surface area contributed by atoms with Crippen molar-refractivity contribution in [3.63, 3.8) is 0 Å². The lowest BCUT2D eigenvalue weighted by Crippen LogP contribution is -2.15. The van der Waals surface area contributed by atoms with Gasteiger partial charge in [-0.1, -0.05) is 42.5 Å². The summed E-state index contributed by atoms with van der Waals surface area (Å²) in [6.45, 7) is 2.19. The highest BCUT2D eigenvalue weighted by atomic mass is 16.5. The van der Waals surface area contributed by atoms with Crippen LogP contribution in [-0.2, 0) is 6.61 Å². The molecule has 1 aromatic heterocycles. The van der Waals surface area contributed by atoms with Crippen LogP contribution < -0.4 is 15.9 Å². The molecule has 2 N–H and O–H groups in total. The molecule has 0 saturated carbocycles. The van der Waals surface area contributed by atoms with Gasteiger partial charge in [0.1, 0.15) is 18.1 Å². The van der Waals surface area contributed by atoms with Crippen LogP contribution in [0.5, 0.6) is 5.75 Å². The molecular weight excluding hydrogens is 318 g/mol. The number of para-hydroxylation sites is 1. The van der Waals surface area contributed by atoms with Crippen LogP contribution in [0.15, 0.2) is 64.5 Å². The second kappa shape index (κ2) is 7.87. The van der Waals surface area contributed by atoms with Crippen molar-refractivity contribution >= 4 is 12.0 Å². The summed E-state index contributed by atoms with van der Waals surface area (Å²) >= 11 is 0. The van der Waals surface area contributed by atoms with Gasteiger partial charge in [0, 0.05) is 5.56 Å². The van der Waals surface area contributed by atoms with E-state index in [9.17, 15) is 4.79 Å². The summed E-state index contributed by atoms with van der Waals surface area (Å²) < 4.78 is 5.87. The molecule has 0 unspecified atom stereocenters. The van der Waals surface area contributed by atoms with Crippen LogP contribution in [0.1, 0.15) is 16.8 Å². The molecule has 0 aliphatic heterocycles. The van der Waals surface area contributed by atoms with Gasteiger partial charge in [0.15, 0.2) is 5.82 Å². The molecule has 0 amide bonds. The monoisotopic (exact) mass is 335 g/mol. The first kappa shape index (κ1) is 16.4. The molecular formula is C18H17N5O2. The lowest BCUT2D eigenvalue weighted by molar-refractivity contribution is 0.306. The molecule has 0 saturated heterocycles. The van der Waals surface area contributed by atoms with Crippen molar-refractivity contribution < 1.29 is 4.74 Å². The average Bonchev–Trinajstić information content (AvgIpc) is 2.64. The second-order valence-electron chi connectivity index (χ2n) is 5.26. The summed E-state index contributed by atoms with van der Waals surface area (Å²) in [5, 5.41) is 10.2. The van der Waals surface area contributed by atoms with Crippen molar-refractivity contribution in [1.29, 1.82) is 0 Å². The van der Waals surface area contributed by atoms with Crippen molar-refractivity contribution in [1.82, 2.24) is 15.2 Å². The number of aromatic amines is 1. The van der Waals surface area contributed by atoms with E-state index in [1.54, 1.807) is 13.1 Å². The van der Waals surface area contributed by atoms with Gasteiger partial charge >= 0.3 is 5.69 Å². The highest BCUT2D eigenvalue weighted by Crippen LogP contribution is 2.17. The zero-order valence-electron chi connectivity index (χ0n) is 13.6. The number of nitrogens with zero attached hydrogens (tertiary/aromatic N) is 3. The molecule has 0 spiro atoms. The van der Waals surface area contributed by atoms with E-state index in [1.165, 1.54) is 0 Å². The number of hydrogen-bond donors (Lipinski definition) is 2. The van der Waals surface area contributed by atoms with E-state index in [0.29, 0.717) is 23.9 Å². The summed E-state index contributed by atoms with van der Waals surface area (Å²) in [5.74, 6) is 1.02. The summed E-state index contributed by atoms with van der Waals surface area (Å²) in [6.07, 6.45) is 1.61. The highest BCUT2D eigenvalue weighted by Gasteiger charge is 2.03. The minimum atomic E-state index is -0.533. The van der Waals surface area contributed by atoms with Crippen molar-refractivity contribution in [2.45, 2.75) is 13.5 Å². The Morgan fingerprint density at radius 1 is 1.16 bits per heavy atom. The largest absolute Gasteiger partial charge is 0.488 e. The molecule has 3 aromatic rings. The van der Waals surface area contributed by atoms with Gasteiger partial charge in [-0.05, 0) is 24.6 Å². The number of benzene rings is 2. The lowest BCUT2D eigenvalue weighted by atomic mass is 10.2. The van der Waals surface area contributed by atoms with Crippen LogP contribution in [0.3, 0.4) is 0 Å². The van der Waals surface area contributed by atoms with Gasteiger partial charge in [0.25, 0.3) is 0 Å². The number of aryl methyl sites for hydroxylation is 1. The maximum atomic E-state index is 11.2.